The molecule has 1 amide bonds. The van der Waals surface area contributed by atoms with E-state index in [1.165, 1.54) is 15.3 Å². The summed E-state index contributed by atoms with van der Waals surface area (Å²) < 4.78 is 2.70. The van der Waals surface area contributed by atoms with Gasteiger partial charge in [0.2, 0.25) is 5.91 Å². The van der Waals surface area contributed by atoms with Gasteiger partial charge >= 0.3 is 0 Å². The van der Waals surface area contributed by atoms with Crippen molar-refractivity contribution in [3.05, 3.63) is 74.7 Å². The van der Waals surface area contributed by atoms with E-state index in [2.05, 4.69) is 15.2 Å². The molecule has 9 nitrogen and oxygen atoms in total. The van der Waals surface area contributed by atoms with E-state index in [4.69, 9.17) is 0 Å². The number of hydrogen-bond acceptors (Lipinski definition) is 5. The maximum absolute atomic E-state index is 13.3. The first-order chi connectivity index (χ1) is 15.4. The minimum Gasteiger partial charge on any atom is -0.340 e. The number of fused-ring (bicyclic) bond motifs is 2. The molecule has 1 aliphatic rings. The van der Waals surface area contributed by atoms with Gasteiger partial charge in [-0.25, -0.2) is 14.2 Å². The van der Waals surface area contributed by atoms with Crippen LogP contribution in [0.5, 0.6) is 0 Å². The summed E-state index contributed by atoms with van der Waals surface area (Å²) in [5, 5.41) is 8.70. The molecule has 3 aromatic heterocycles. The molecule has 0 saturated carbocycles. The molecule has 1 aromatic carbocycles. The van der Waals surface area contributed by atoms with Crippen LogP contribution in [0.25, 0.3) is 16.4 Å². The SMILES string of the molecule is Cc1cc(=O)n2[nH]c(C3CCCN(C(=O)C(C)n4ncc5ccccc5c4=O)C3)cc2n1. The van der Waals surface area contributed by atoms with E-state index in [0.29, 0.717) is 29.8 Å². The van der Waals surface area contributed by atoms with E-state index < -0.39 is 6.04 Å². The van der Waals surface area contributed by atoms with Crippen molar-refractivity contribution in [1.82, 2.24) is 29.3 Å². The molecule has 0 bridgehead atoms. The lowest BCUT2D eigenvalue weighted by atomic mass is 9.94. The number of aromatic nitrogens is 5. The molecule has 1 aliphatic heterocycles. The van der Waals surface area contributed by atoms with Crippen LogP contribution in [0.3, 0.4) is 0 Å². The maximum atomic E-state index is 13.3. The third kappa shape index (κ3) is 3.39. The van der Waals surface area contributed by atoms with Gasteiger partial charge in [0.25, 0.3) is 11.1 Å². The zero-order valence-electron chi connectivity index (χ0n) is 18.0. The minimum atomic E-state index is -0.708. The third-order valence-corrected chi connectivity index (χ3v) is 6.22. The summed E-state index contributed by atoms with van der Waals surface area (Å²) in [6.45, 7) is 4.63. The molecule has 0 spiro atoms. The second-order valence-electron chi connectivity index (χ2n) is 8.42. The molecule has 4 heterocycles. The number of carbonyl (C=O) groups is 1. The van der Waals surface area contributed by atoms with Crippen LogP contribution in [0.2, 0.25) is 0 Å². The first-order valence-corrected chi connectivity index (χ1v) is 10.8. The molecule has 164 valence electrons. The van der Waals surface area contributed by atoms with Crippen LogP contribution < -0.4 is 11.1 Å². The van der Waals surface area contributed by atoms with Gasteiger partial charge in [0, 0.05) is 47.9 Å². The number of hydrogen-bond donors (Lipinski definition) is 1. The number of benzene rings is 1. The van der Waals surface area contributed by atoms with E-state index in [1.54, 1.807) is 37.1 Å². The number of H-pyrrole nitrogens is 1. The normalized spacial score (nSPS) is 17.7. The van der Waals surface area contributed by atoms with Crippen LogP contribution >= 0.6 is 0 Å². The van der Waals surface area contributed by atoms with E-state index in [1.807, 2.05) is 18.2 Å². The summed E-state index contributed by atoms with van der Waals surface area (Å²) in [6.07, 6.45) is 3.35. The first kappa shape index (κ1) is 20.2. The lowest BCUT2D eigenvalue weighted by Crippen LogP contribution is -2.44. The number of rotatable bonds is 3. The topological polar surface area (TPSA) is 105 Å². The highest BCUT2D eigenvalue weighted by Crippen LogP contribution is 2.27. The number of aromatic amines is 1. The molecule has 2 atom stereocenters. The van der Waals surface area contributed by atoms with Gasteiger partial charge in [-0.05, 0) is 32.8 Å². The summed E-state index contributed by atoms with van der Waals surface area (Å²) in [5.41, 5.74) is 1.70. The van der Waals surface area contributed by atoms with Crippen molar-refractivity contribution in [3.63, 3.8) is 0 Å². The average molecular weight is 432 g/mol. The second-order valence-corrected chi connectivity index (χ2v) is 8.42. The summed E-state index contributed by atoms with van der Waals surface area (Å²) in [4.78, 5) is 44.6. The summed E-state index contributed by atoms with van der Waals surface area (Å²) in [5.74, 6) is -0.0792. The average Bonchev–Trinajstić information content (AvgIpc) is 3.23. The van der Waals surface area contributed by atoms with Gasteiger partial charge in [-0.3, -0.25) is 19.5 Å². The van der Waals surface area contributed by atoms with Crippen LogP contribution in [0, 0.1) is 6.92 Å². The fourth-order valence-electron chi connectivity index (χ4n) is 4.52. The van der Waals surface area contributed by atoms with Crippen LogP contribution in [0.4, 0.5) is 0 Å². The predicted molar refractivity (Wildman–Crippen MR) is 120 cm³/mol. The lowest BCUT2D eigenvalue weighted by molar-refractivity contribution is -0.135. The molecule has 2 unspecified atom stereocenters. The molecule has 1 fully saturated rings. The molecule has 0 radical (unpaired) electrons. The van der Waals surface area contributed by atoms with Gasteiger partial charge in [0.15, 0.2) is 5.65 Å². The first-order valence-electron chi connectivity index (χ1n) is 10.8. The van der Waals surface area contributed by atoms with Gasteiger partial charge in [0.1, 0.15) is 6.04 Å². The zero-order chi connectivity index (χ0) is 22.4. The van der Waals surface area contributed by atoms with Gasteiger partial charge < -0.3 is 4.90 Å². The molecule has 4 aromatic rings. The quantitative estimate of drug-likeness (QED) is 0.533. The van der Waals surface area contributed by atoms with Crippen LogP contribution in [-0.4, -0.2) is 48.3 Å². The standard InChI is InChI=1S/C23H24N6O3/c1-14-10-21(30)29-20(25-14)11-19(26-29)17-7-5-9-27(13-17)22(31)15(2)28-23(32)18-8-4-3-6-16(18)12-24-28/h3-4,6,8,10-12,15,17,26H,5,7,9,13H2,1-2H3. The zero-order valence-corrected chi connectivity index (χ0v) is 18.0. The Hall–Kier alpha value is -3.75. The van der Waals surface area contributed by atoms with Crippen molar-refractivity contribution < 1.29 is 4.79 Å². The van der Waals surface area contributed by atoms with Gasteiger partial charge in [-0.2, -0.15) is 5.10 Å². The fourth-order valence-corrected chi connectivity index (χ4v) is 4.52. The molecule has 1 N–H and O–H groups in total. The van der Waals surface area contributed by atoms with Crippen molar-refractivity contribution >= 4 is 22.3 Å². The van der Waals surface area contributed by atoms with E-state index in [-0.39, 0.29) is 22.9 Å². The Balaban J connectivity index is 1.40. The molecule has 9 heteroatoms. The van der Waals surface area contributed by atoms with Gasteiger partial charge in [-0.15, -0.1) is 0 Å². The smallest absolute Gasteiger partial charge is 0.275 e. The monoisotopic (exact) mass is 432 g/mol. The Morgan fingerprint density at radius 1 is 1.22 bits per heavy atom. The second kappa shape index (κ2) is 7.74. The van der Waals surface area contributed by atoms with Crippen molar-refractivity contribution in [3.8, 4) is 0 Å². The van der Waals surface area contributed by atoms with Gasteiger partial charge in [0.05, 0.1) is 11.6 Å². The highest BCUT2D eigenvalue weighted by atomic mass is 16.2. The Kier molecular flexibility index (Phi) is 4.88. The number of carbonyl (C=O) groups excluding carboxylic acids is 1. The van der Waals surface area contributed by atoms with E-state index in [0.717, 1.165) is 23.9 Å². The Morgan fingerprint density at radius 3 is 2.88 bits per heavy atom. The lowest BCUT2D eigenvalue weighted by Gasteiger charge is -2.34. The van der Waals surface area contributed by atoms with Crippen LogP contribution in [0.1, 0.15) is 43.1 Å². The predicted octanol–water partition coefficient (Wildman–Crippen LogP) is 2.01. The maximum Gasteiger partial charge on any atom is 0.275 e. The van der Waals surface area contributed by atoms with E-state index >= 15 is 0 Å². The van der Waals surface area contributed by atoms with Crippen molar-refractivity contribution in [2.75, 3.05) is 13.1 Å². The number of nitrogens with zero attached hydrogens (tertiary/aromatic N) is 5. The fraction of sp³-hybridized carbons (Fsp3) is 0.348. The number of aryl methyl sites for hydroxylation is 1. The summed E-state index contributed by atoms with van der Waals surface area (Å²) in [7, 11) is 0. The van der Waals surface area contributed by atoms with Crippen molar-refractivity contribution in [2.45, 2.75) is 38.6 Å². The Labute approximate surface area is 183 Å². The largest absolute Gasteiger partial charge is 0.340 e. The van der Waals surface area contributed by atoms with E-state index in [9.17, 15) is 14.4 Å². The number of nitrogens with one attached hydrogen (secondary N) is 1. The number of amides is 1. The molecule has 1 saturated heterocycles. The minimum absolute atomic E-state index is 0.0580. The highest BCUT2D eigenvalue weighted by molar-refractivity contribution is 5.82. The van der Waals surface area contributed by atoms with Crippen molar-refractivity contribution in [1.29, 1.82) is 0 Å². The summed E-state index contributed by atoms with van der Waals surface area (Å²) >= 11 is 0. The highest BCUT2D eigenvalue weighted by Gasteiger charge is 2.30. The van der Waals surface area contributed by atoms with Crippen molar-refractivity contribution in [2.24, 2.45) is 0 Å². The molecular formula is C23H24N6O3. The van der Waals surface area contributed by atoms with Crippen LogP contribution in [-0.2, 0) is 4.79 Å². The third-order valence-electron chi connectivity index (χ3n) is 6.22. The van der Waals surface area contributed by atoms with Crippen LogP contribution in [0.15, 0.2) is 52.2 Å². The Morgan fingerprint density at radius 2 is 2.03 bits per heavy atom. The summed E-state index contributed by atoms with van der Waals surface area (Å²) in [6, 6.07) is 9.89. The molecule has 5 rings (SSSR count). The molecular weight excluding hydrogens is 408 g/mol. The molecule has 32 heavy (non-hydrogen) atoms. The van der Waals surface area contributed by atoms with Gasteiger partial charge in [-0.1, -0.05) is 18.2 Å². The number of piperidine rings is 1. The number of likely N-dealkylation sites (tertiary alicyclic amines) is 1. The molecule has 0 aliphatic carbocycles. The Bertz CT molecular complexity index is 1450.